The second kappa shape index (κ2) is 14.0. The fourth-order valence-electron chi connectivity index (χ4n) is 7.30. The molecule has 0 radical (unpaired) electrons. The summed E-state index contributed by atoms with van der Waals surface area (Å²) in [6.07, 6.45) is 9.61. The molecule has 0 aromatic heterocycles. The summed E-state index contributed by atoms with van der Waals surface area (Å²) in [6.45, 7) is 6.00. The lowest BCUT2D eigenvalue weighted by Crippen LogP contribution is -2.42. The van der Waals surface area contributed by atoms with Crippen molar-refractivity contribution in [3.63, 3.8) is 0 Å². The number of carbonyl (C=O) groups excluding carboxylic acids is 2. The Bertz CT molecular complexity index is 1180. The molecular formula is C33H46INO6. The van der Waals surface area contributed by atoms with Crippen LogP contribution in [0.15, 0.2) is 28.9 Å². The summed E-state index contributed by atoms with van der Waals surface area (Å²) in [5.41, 5.74) is 3.89. The van der Waals surface area contributed by atoms with Gasteiger partial charge >= 0.3 is 0 Å². The smallest absolute Gasteiger partial charge is 0.234 e. The van der Waals surface area contributed by atoms with E-state index in [2.05, 4.69) is 49.4 Å². The van der Waals surface area contributed by atoms with Crippen LogP contribution in [0.5, 0.6) is 11.5 Å². The highest BCUT2D eigenvalue weighted by Crippen LogP contribution is 2.49. The van der Waals surface area contributed by atoms with E-state index in [1.807, 2.05) is 12.1 Å². The van der Waals surface area contributed by atoms with Crippen LogP contribution in [0.1, 0.15) is 90.5 Å². The summed E-state index contributed by atoms with van der Waals surface area (Å²) in [7, 11) is 1.53. The van der Waals surface area contributed by atoms with Gasteiger partial charge in [0.15, 0.2) is 11.5 Å². The molecular weight excluding hydrogens is 633 g/mol. The fourth-order valence-corrected chi connectivity index (χ4v) is 7.93. The molecule has 7 nitrogen and oxygen atoms in total. The van der Waals surface area contributed by atoms with Gasteiger partial charge < -0.3 is 20.1 Å². The number of carbonyl (C=O) groups is 2. The van der Waals surface area contributed by atoms with Gasteiger partial charge in [0.05, 0.1) is 35.2 Å². The van der Waals surface area contributed by atoms with Crippen molar-refractivity contribution in [3.8, 4) is 11.5 Å². The van der Waals surface area contributed by atoms with Crippen LogP contribution >= 0.6 is 22.6 Å². The number of aliphatic hydroxyl groups is 2. The van der Waals surface area contributed by atoms with Crippen molar-refractivity contribution < 1.29 is 29.6 Å². The van der Waals surface area contributed by atoms with Gasteiger partial charge in [0, 0.05) is 12.0 Å². The summed E-state index contributed by atoms with van der Waals surface area (Å²) in [5.74, 6) is -1.18. The molecule has 41 heavy (non-hydrogen) atoms. The number of rotatable bonds is 11. The Balaban J connectivity index is 1.59. The van der Waals surface area contributed by atoms with Crippen molar-refractivity contribution in [2.24, 2.45) is 23.7 Å². The highest BCUT2D eigenvalue weighted by Gasteiger charge is 2.56. The van der Waals surface area contributed by atoms with Crippen LogP contribution in [-0.4, -0.2) is 57.9 Å². The zero-order chi connectivity index (χ0) is 29.8. The lowest BCUT2D eigenvalue weighted by atomic mass is 9.66. The number of fused-ring (bicyclic) bond motifs is 1. The number of benzene rings is 1. The third-order valence-electron chi connectivity index (χ3n) is 9.30. The number of hydrogen-bond acceptors (Lipinski definition) is 6. The lowest BCUT2D eigenvalue weighted by Gasteiger charge is -2.38. The topological polar surface area (TPSA) is 107 Å². The molecule has 1 aliphatic heterocycles. The maximum Gasteiger partial charge on any atom is 0.234 e. The van der Waals surface area contributed by atoms with E-state index in [1.54, 1.807) is 4.90 Å². The van der Waals surface area contributed by atoms with Gasteiger partial charge in [-0.2, -0.15) is 0 Å². The minimum absolute atomic E-state index is 0.0344. The maximum atomic E-state index is 13.8. The van der Waals surface area contributed by atoms with E-state index in [-0.39, 0.29) is 36.1 Å². The van der Waals surface area contributed by atoms with Crippen molar-refractivity contribution in [2.75, 3.05) is 13.7 Å². The van der Waals surface area contributed by atoms with Crippen molar-refractivity contribution in [2.45, 2.75) is 97.1 Å². The normalized spacial score (nSPS) is 24.8. The molecule has 3 aliphatic rings. The van der Waals surface area contributed by atoms with E-state index >= 15 is 0 Å². The number of likely N-dealkylation sites (tertiary alicyclic amines) is 1. The Morgan fingerprint density at radius 1 is 1.15 bits per heavy atom. The number of ether oxygens (including phenoxy) is 1. The number of phenolic OH excluding ortho intramolecular Hbond substituents is 1. The van der Waals surface area contributed by atoms with E-state index in [0.717, 1.165) is 61.7 Å². The molecule has 1 aromatic rings. The van der Waals surface area contributed by atoms with Crippen molar-refractivity contribution in [1.29, 1.82) is 0 Å². The molecule has 0 spiro atoms. The van der Waals surface area contributed by atoms with Crippen LogP contribution in [0, 0.1) is 27.2 Å². The van der Waals surface area contributed by atoms with Gasteiger partial charge in [-0.05, 0) is 90.3 Å². The average molecular weight is 680 g/mol. The maximum absolute atomic E-state index is 13.8. The van der Waals surface area contributed by atoms with Gasteiger partial charge in [0.25, 0.3) is 0 Å². The Morgan fingerprint density at radius 2 is 1.85 bits per heavy atom. The standard InChI is InChI=1S/C33H46INO6/c1-5-9-20(14-21-15-26(34)31(38)28(16-21)41-4)12-13-27(37)29-23(19(2)3)17-24-30(25(29)18-36)33(40)35(32(24)39)22-10-7-6-8-11-22/h14-16,19,22,24-25,27,30,36-38H,5-13,17-18H2,1-4H3/b20-14+/t24-,25+,27-,30-/m1/s1. The van der Waals surface area contributed by atoms with Crippen LogP contribution in [0.4, 0.5) is 0 Å². The Kier molecular flexibility index (Phi) is 11.0. The zero-order valence-electron chi connectivity index (χ0n) is 24.9. The third-order valence-corrected chi connectivity index (χ3v) is 10.1. The number of hydrogen-bond donors (Lipinski definition) is 3. The Hall–Kier alpha value is -1.91. The molecule has 0 unspecified atom stereocenters. The molecule has 1 saturated carbocycles. The SMILES string of the molecule is CCC/C(=C\c1cc(I)c(O)c(OC)c1)CC[C@@H](O)C1=C(C(C)C)C[C@H]2C(=O)N(C3CCCCC3)C(=O)[C@H]2[C@H]1CO. The highest BCUT2D eigenvalue weighted by molar-refractivity contribution is 14.1. The monoisotopic (exact) mass is 679 g/mol. The number of phenols is 1. The highest BCUT2D eigenvalue weighted by atomic mass is 127. The first kappa shape index (κ1) is 32.0. The van der Waals surface area contributed by atoms with Crippen molar-refractivity contribution in [1.82, 2.24) is 4.90 Å². The van der Waals surface area contributed by atoms with Gasteiger partial charge in [0.2, 0.25) is 11.8 Å². The summed E-state index contributed by atoms with van der Waals surface area (Å²) in [5, 5.41) is 32.5. The molecule has 2 aliphatic carbocycles. The number of aliphatic hydroxyl groups excluding tert-OH is 2. The van der Waals surface area contributed by atoms with E-state index < -0.39 is 23.9 Å². The first-order chi connectivity index (χ1) is 19.6. The van der Waals surface area contributed by atoms with E-state index in [4.69, 9.17) is 4.74 Å². The first-order valence-electron chi connectivity index (χ1n) is 15.3. The number of nitrogens with zero attached hydrogens (tertiary/aromatic N) is 1. The summed E-state index contributed by atoms with van der Waals surface area (Å²) < 4.78 is 6.04. The van der Waals surface area contributed by atoms with Crippen molar-refractivity contribution in [3.05, 3.63) is 38.0 Å². The zero-order valence-corrected chi connectivity index (χ0v) is 27.0. The number of allylic oxidation sites excluding steroid dienone is 2. The summed E-state index contributed by atoms with van der Waals surface area (Å²) >= 11 is 2.09. The first-order valence-corrected chi connectivity index (χ1v) is 16.3. The quantitative estimate of drug-likeness (QED) is 0.146. The van der Waals surface area contributed by atoms with Gasteiger partial charge in [-0.25, -0.2) is 0 Å². The number of methoxy groups -OCH3 is 1. The molecule has 1 aromatic carbocycles. The minimum atomic E-state index is -0.813. The number of amides is 2. The van der Waals surface area contributed by atoms with Crippen LogP contribution in [0.25, 0.3) is 6.08 Å². The van der Waals surface area contributed by atoms with E-state index in [1.165, 1.54) is 12.7 Å². The van der Waals surface area contributed by atoms with Crippen LogP contribution in [-0.2, 0) is 9.59 Å². The fraction of sp³-hybridized carbons (Fsp3) is 0.636. The minimum Gasteiger partial charge on any atom is -0.504 e. The molecule has 2 fully saturated rings. The Labute approximate surface area is 258 Å². The molecule has 8 heteroatoms. The largest absolute Gasteiger partial charge is 0.504 e. The number of aromatic hydroxyl groups is 1. The summed E-state index contributed by atoms with van der Waals surface area (Å²) in [4.78, 5) is 28.9. The lowest BCUT2D eigenvalue weighted by molar-refractivity contribution is -0.143. The average Bonchev–Trinajstić information content (AvgIpc) is 3.21. The number of imide groups is 1. The van der Waals surface area contributed by atoms with Gasteiger partial charge in [-0.1, -0.05) is 63.7 Å². The van der Waals surface area contributed by atoms with E-state index in [0.29, 0.717) is 28.6 Å². The second-order valence-electron chi connectivity index (χ2n) is 12.3. The molecule has 4 atom stereocenters. The second-order valence-corrected chi connectivity index (χ2v) is 13.4. The predicted octanol–water partition coefficient (Wildman–Crippen LogP) is 6.23. The molecule has 2 amide bonds. The molecule has 1 saturated heterocycles. The molecule has 3 N–H and O–H groups in total. The van der Waals surface area contributed by atoms with Gasteiger partial charge in [-0.15, -0.1) is 0 Å². The molecule has 0 bridgehead atoms. The van der Waals surface area contributed by atoms with Crippen LogP contribution < -0.4 is 4.74 Å². The molecule has 4 rings (SSSR count). The van der Waals surface area contributed by atoms with E-state index in [9.17, 15) is 24.9 Å². The molecule has 1 heterocycles. The van der Waals surface area contributed by atoms with Gasteiger partial charge in [0.1, 0.15) is 0 Å². The van der Waals surface area contributed by atoms with Crippen LogP contribution in [0.2, 0.25) is 0 Å². The van der Waals surface area contributed by atoms with Gasteiger partial charge in [-0.3, -0.25) is 14.5 Å². The molecule has 226 valence electrons. The number of halogens is 1. The van der Waals surface area contributed by atoms with Crippen LogP contribution in [0.3, 0.4) is 0 Å². The summed E-state index contributed by atoms with van der Waals surface area (Å²) in [6, 6.07) is 3.69. The van der Waals surface area contributed by atoms with Crippen molar-refractivity contribution >= 4 is 40.5 Å². The predicted molar refractivity (Wildman–Crippen MR) is 168 cm³/mol. The third kappa shape index (κ3) is 6.69. The Morgan fingerprint density at radius 3 is 2.46 bits per heavy atom.